The molecule has 2 aromatic rings. The Morgan fingerprint density at radius 3 is 2.96 bits per heavy atom. The summed E-state index contributed by atoms with van der Waals surface area (Å²) in [7, 11) is 0. The summed E-state index contributed by atoms with van der Waals surface area (Å²) in [6.45, 7) is 3.06. The second-order valence-corrected chi connectivity index (χ2v) is 7.05. The smallest absolute Gasteiger partial charge is 0.256 e. The molecule has 5 nitrogen and oxygen atoms in total. The minimum Gasteiger partial charge on any atom is -0.351 e. The van der Waals surface area contributed by atoms with Crippen LogP contribution in [0.3, 0.4) is 0 Å². The van der Waals surface area contributed by atoms with Crippen molar-refractivity contribution in [3.63, 3.8) is 0 Å². The third kappa shape index (κ3) is 4.22. The normalized spacial score (nSPS) is 17.4. The first-order valence-electron chi connectivity index (χ1n) is 8.27. The molecule has 1 aliphatic rings. The minimum absolute atomic E-state index is 0.0890. The first kappa shape index (κ1) is 17.5. The Kier molecular flexibility index (Phi) is 5.43. The van der Waals surface area contributed by atoms with E-state index in [9.17, 15) is 14.0 Å². The molecule has 1 aromatic carbocycles. The first-order valence-corrected chi connectivity index (χ1v) is 9.15. The number of carbonyl (C=O) groups excluding carboxylic acids is 2. The molecule has 2 amide bonds. The number of thiazole rings is 1. The van der Waals surface area contributed by atoms with Crippen LogP contribution in [0.2, 0.25) is 0 Å². The summed E-state index contributed by atoms with van der Waals surface area (Å²) in [6, 6.07) is 6.09. The van der Waals surface area contributed by atoms with E-state index in [0.29, 0.717) is 19.6 Å². The molecule has 2 heterocycles. The van der Waals surface area contributed by atoms with Crippen molar-refractivity contribution in [1.29, 1.82) is 0 Å². The molecule has 0 aliphatic carbocycles. The standard InChI is InChI=1S/C18H20FN3O2S/c1-12(23)20-9-14-11-25-17(21-14)13-5-4-8-22(10-13)18(24)15-6-2-3-7-16(15)19/h2-3,6-7,11,13H,4-5,8-10H2,1H3,(H,20,23). The summed E-state index contributed by atoms with van der Waals surface area (Å²) in [6.07, 6.45) is 1.82. The first-order chi connectivity index (χ1) is 12.0. The molecule has 1 fully saturated rings. The number of amides is 2. The predicted molar refractivity (Wildman–Crippen MR) is 93.9 cm³/mol. The van der Waals surface area contributed by atoms with Crippen LogP contribution in [0.5, 0.6) is 0 Å². The van der Waals surface area contributed by atoms with E-state index in [0.717, 1.165) is 23.5 Å². The highest BCUT2D eigenvalue weighted by Gasteiger charge is 2.28. The molecule has 0 saturated carbocycles. The molecule has 7 heteroatoms. The molecule has 3 rings (SSSR count). The quantitative estimate of drug-likeness (QED) is 0.911. The van der Waals surface area contributed by atoms with Gasteiger partial charge in [-0.2, -0.15) is 0 Å². The number of carbonyl (C=O) groups is 2. The van der Waals surface area contributed by atoms with Crippen LogP contribution < -0.4 is 5.32 Å². The summed E-state index contributed by atoms with van der Waals surface area (Å²) in [5, 5.41) is 5.63. The molecule has 1 N–H and O–H groups in total. The van der Waals surface area contributed by atoms with Crippen LogP contribution in [0.15, 0.2) is 29.6 Å². The van der Waals surface area contributed by atoms with Gasteiger partial charge in [0.2, 0.25) is 5.91 Å². The summed E-state index contributed by atoms with van der Waals surface area (Å²) in [5.41, 5.74) is 0.946. The lowest BCUT2D eigenvalue weighted by Crippen LogP contribution is -2.39. The Balaban J connectivity index is 1.68. The van der Waals surface area contributed by atoms with Crippen LogP contribution in [0.4, 0.5) is 4.39 Å². The van der Waals surface area contributed by atoms with Gasteiger partial charge in [-0.3, -0.25) is 9.59 Å². The molecule has 1 aliphatic heterocycles. The molecule has 132 valence electrons. The van der Waals surface area contributed by atoms with Gasteiger partial charge in [-0.1, -0.05) is 12.1 Å². The fourth-order valence-corrected chi connectivity index (χ4v) is 3.92. The van der Waals surface area contributed by atoms with Gasteiger partial charge in [0.05, 0.1) is 22.8 Å². The Hall–Kier alpha value is -2.28. The van der Waals surface area contributed by atoms with E-state index in [1.807, 2.05) is 5.38 Å². The molecule has 1 unspecified atom stereocenters. The maximum Gasteiger partial charge on any atom is 0.256 e. The van der Waals surface area contributed by atoms with Gasteiger partial charge in [0.15, 0.2) is 0 Å². The predicted octanol–water partition coefficient (Wildman–Crippen LogP) is 2.94. The van der Waals surface area contributed by atoms with E-state index < -0.39 is 5.82 Å². The van der Waals surface area contributed by atoms with E-state index in [1.165, 1.54) is 19.1 Å². The van der Waals surface area contributed by atoms with Gasteiger partial charge in [-0.05, 0) is 25.0 Å². The summed E-state index contributed by atoms with van der Waals surface area (Å²) < 4.78 is 13.9. The molecular weight excluding hydrogens is 341 g/mol. The van der Waals surface area contributed by atoms with Crippen molar-refractivity contribution in [2.24, 2.45) is 0 Å². The average Bonchev–Trinajstić information content (AvgIpc) is 3.09. The van der Waals surface area contributed by atoms with Gasteiger partial charge < -0.3 is 10.2 Å². The highest BCUT2D eigenvalue weighted by atomic mass is 32.1. The minimum atomic E-state index is -0.485. The molecule has 25 heavy (non-hydrogen) atoms. The number of benzene rings is 1. The van der Waals surface area contributed by atoms with Gasteiger partial charge in [-0.25, -0.2) is 9.37 Å². The maximum absolute atomic E-state index is 13.9. The highest BCUT2D eigenvalue weighted by molar-refractivity contribution is 7.09. The van der Waals surface area contributed by atoms with Crippen molar-refractivity contribution < 1.29 is 14.0 Å². The fraction of sp³-hybridized carbons (Fsp3) is 0.389. The maximum atomic E-state index is 13.9. The van der Waals surface area contributed by atoms with Crippen molar-refractivity contribution in [3.05, 3.63) is 51.7 Å². The van der Waals surface area contributed by atoms with Gasteiger partial charge in [0, 0.05) is 31.3 Å². The van der Waals surface area contributed by atoms with Crippen molar-refractivity contribution in [2.75, 3.05) is 13.1 Å². The zero-order valence-corrected chi connectivity index (χ0v) is 14.8. The van der Waals surface area contributed by atoms with Crippen molar-refractivity contribution in [2.45, 2.75) is 32.2 Å². The molecular formula is C18H20FN3O2S. The largest absolute Gasteiger partial charge is 0.351 e. The number of aromatic nitrogens is 1. The van der Waals surface area contributed by atoms with Gasteiger partial charge in [0.1, 0.15) is 5.82 Å². The number of hydrogen-bond donors (Lipinski definition) is 1. The zero-order chi connectivity index (χ0) is 17.8. The number of hydrogen-bond acceptors (Lipinski definition) is 4. The lowest BCUT2D eigenvalue weighted by Gasteiger charge is -2.32. The van der Waals surface area contributed by atoms with Gasteiger partial charge in [-0.15, -0.1) is 11.3 Å². The third-order valence-electron chi connectivity index (χ3n) is 4.25. The van der Waals surface area contributed by atoms with Gasteiger partial charge >= 0.3 is 0 Å². The number of nitrogens with zero attached hydrogens (tertiary/aromatic N) is 2. The van der Waals surface area contributed by atoms with Crippen molar-refractivity contribution >= 4 is 23.2 Å². The second-order valence-electron chi connectivity index (χ2n) is 6.16. The lowest BCUT2D eigenvalue weighted by atomic mass is 9.98. The number of piperidine rings is 1. The van der Waals surface area contributed by atoms with Crippen LogP contribution in [0.1, 0.15) is 46.7 Å². The number of rotatable bonds is 4. The molecule has 0 bridgehead atoms. The Morgan fingerprint density at radius 2 is 2.20 bits per heavy atom. The third-order valence-corrected chi connectivity index (χ3v) is 5.31. The van der Waals surface area contributed by atoms with E-state index in [1.54, 1.807) is 28.4 Å². The zero-order valence-electron chi connectivity index (χ0n) is 14.0. The Bertz CT molecular complexity index is 777. The second kappa shape index (κ2) is 7.74. The van der Waals surface area contributed by atoms with E-state index in [4.69, 9.17) is 0 Å². The van der Waals surface area contributed by atoms with Crippen LogP contribution in [0.25, 0.3) is 0 Å². The monoisotopic (exact) mass is 361 g/mol. The van der Waals surface area contributed by atoms with Crippen LogP contribution in [-0.4, -0.2) is 34.8 Å². The molecule has 0 spiro atoms. The van der Waals surface area contributed by atoms with E-state index in [2.05, 4.69) is 10.3 Å². The molecule has 0 radical (unpaired) electrons. The average molecular weight is 361 g/mol. The molecule has 1 atom stereocenters. The highest BCUT2D eigenvalue weighted by Crippen LogP contribution is 2.30. The topological polar surface area (TPSA) is 62.3 Å². The van der Waals surface area contributed by atoms with E-state index in [-0.39, 0.29) is 23.3 Å². The van der Waals surface area contributed by atoms with Crippen LogP contribution in [-0.2, 0) is 11.3 Å². The summed E-state index contributed by atoms with van der Waals surface area (Å²) >= 11 is 1.55. The Labute approximate surface area is 149 Å². The lowest BCUT2D eigenvalue weighted by molar-refractivity contribution is -0.119. The molecule has 1 saturated heterocycles. The SMILES string of the molecule is CC(=O)NCc1csc(C2CCCN(C(=O)c3ccccc3F)C2)n1. The summed E-state index contributed by atoms with van der Waals surface area (Å²) in [5.74, 6) is -0.686. The summed E-state index contributed by atoms with van der Waals surface area (Å²) in [4.78, 5) is 29.9. The van der Waals surface area contributed by atoms with Crippen LogP contribution in [0, 0.1) is 5.82 Å². The van der Waals surface area contributed by atoms with Crippen molar-refractivity contribution in [3.8, 4) is 0 Å². The molecule has 1 aromatic heterocycles. The van der Waals surface area contributed by atoms with Crippen LogP contribution >= 0.6 is 11.3 Å². The van der Waals surface area contributed by atoms with Gasteiger partial charge in [0.25, 0.3) is 5.91 Å². The number of nitrogens with one attached hydrogen (secondary N) is 1. The fourth-order valence-electron chi connectivity index (χ4n) is 2.97. The number of halogens is 1. The Morgan fingerprint density at radius 1 is 1.40 bits per heavy atom. The number of likely N-dealkylation sites (tertiary alicyclic amines) is 1. The van der Waals surface area contributed by atoms with E-state index >= 15 is 0 Å². The van der Waals surface area contributed by atoms with Crippen molar-refractivity contribution in [1.82, 2.24) is 15.2 Å².